The predicted octanol–water partition coefficient (Wildman–Crippen LogP) is 3.84. The van der Waals surface area contributed by atoms with Gasteiger partial charge in [0.2, 0.25) is 0 Å². The zero-order chi connectivity index (χ0) is 17.8. The van der Waals surface area contributed by atoms with Crippen LogP contribution in [-0.4, -0.2) is 41.2 Å². The zero-order valence-corrected chi connectivity index (χ0v) is 16.1. The molecule has 1 N–H and O–H groups in total. The van der Waals surface area contributed by atoms with Gasteiger partial charge in [-0.3, -0.25) is 4.90 Å². The highest BCUT2D eigenvalue weighted by atomic mass is 79.9. The molecule has 5 nitrogen and oxygen atoms in total. The van der Waals surface area contributed by atoms with E-state index in [0.717, 1.165) is 60.6 Å². The second kappa shape index (κ2) is 8.12. The van der Waals surface area contributed by atoms with Gasteiger partial charge in [0.05, 0.1) is 18.7 Å². The van der Waals surface area contributed by atoms with Crippen LogP contribution in [-0.2, 0) is 17.8 Å². The standard InChI is InChI=1S/C20H21BrN4O/c21-17-4-5-19-18(11-17)20(24-14-23-19)22-12-15-2-1-3-16(10-15)13-25-6-8-26-9-7-25/h1-5,10-11,14H,6-9,12-13H2,(H,22,23,24). The molecule has 0 saturated carbocycles. The summed E-state index contributed by atoms with van der Waals surface area (Å²) in [7, 11) is 0. The van der Waals surface area contributed by atoms with E-state index in [1.807, 2.05) is 18.2 Å². The summed E-state index contributed by atoms with van der Waals surface area (Å²) in [4.78, 5) is 11.2. The molecule has 1 saturated heterocycles. The van der Waals surface area contributed by atoms with E-state index in [2.05, 4.69) is 60.4 Å². The molecule has 134 valence electrons. The van der Waals surface area contributed by atoms with Gasteiger partial charge in [-0.2, -0.15) is 0 Å². The van der Waals surface area contributed by atoms with Gasteiger partial charge in [0, 0.05) is 36.0 Å². The summed E-state index contributed by atoms with van der Waals surface area (Å²) < 4.78 is 6.45. The first-order valence-electron chi connectivity index (χ1n) is 8.80. The number of rotatable bonds is 5. The van der Waals surface area contributed by atoms with Crippen molar-refractivity contribution in [2.45, 2.75) is 13.1 Å². The van der Waals surface area contributed by atoms with E-state index in [1.165, 1.54) is 11.1 Å². The molecule has 6 heteroatoms. The Bertz CT molecular complexity index is 896. The van der Waals surface area contributed by atoms with Gasteiger partial charge in [-0.15, -0.1) is 0 Å². The second-order valence-electron chi connectivity index (χ2n) is 6.45. The number of ether oxygens (including phenoxy) is 1. The molecular weight excluding hydrogens is 392 g/mol. The molecule has 2 heterocycles. The number of anilines is 1. The molecule has 0 amide bonds. The quantitative estimate of drug-likeness (QED) is 0.689. The lowest BCUT2D eigenvalue weighted by Gasteiger charge is -2.26. The summed E-state index contributed by atoms with van der Waals surface area (Å²) in [5.74, 6) is 0.856. The van der Waals surface area contributed by atoms with Gasteiger partial charge in [-0.25, -0.2) is 9.97 Å². The highest BCUT2D eigenvalue weighted by molar-refractivity contribution is 9.10. The van der Waals surface area contributed by atoms with Crippen molar-refractivity contribution in [3.63, 3.8) is 0 Å². The second-order valence-corrected chi connectivity index (χ2v) is 7.36. The third-order valence-corrected chi connectivity index (χ3v) is 5.05. The van der Waals surface area contributed by atoms with Gasteiger partial charge < -0.3 is 10.1 Å². The summed E-state index contributed by atoms with van der Waals surface area (Å²) in [6.45, 7) is 5.37. The molecule has 0 spiro atoms. The van der Waals surface area contributed by atoms with Gasteiger partial charge in [-0.05, 0) is 29.3 Å². The van der Waals surface area contributed by atoms with Crippen molar-refractivity contribution >= 4 is 32.7 Å². The first-order chi connectivity index (χ1) is 12.8. The number of morpholine rings is 1. The van der Waals surface area contributed by atoms with Crippen molar-refractivity contribution in [3.05, 3.63) is 64.4 Å². The molecule has 3 aromatic rings. The van der Waals surface area contributed by atoms with Crippen LogP contribution in [0.25, 0.3) is 10.9 Å². The lowest BCUT2D eigenvalue weighted by atomic mass is 10.1. The number of hydrogen-bond donors (Lipinski definition) is 1. The maximum absolute atomic E-state index is 5.43. The SMILES string of the molecule is Brc1ccc2ncnc(NCc3cccc(CN4CCOCC4)c3)c2c1. The van der Waals surface area contributed by atoms with Crippen molar-refractivity contribution < 1.29 is 4.74 Å². The van der Waals surface area contributed by atoms with E-state index in [1.54, 1.807) is 6.33 Å². The fraction of sp³-hybridized carbons (Fsp3) is 0.300. The van der Waals surface area contributed by atoms with Crippen molar-refractivity contribution in [2.24, 2.45) is 0 Å². The number of benzene rings is 2. The van der Waals surface area contributed by atoms with Crippen LogP contribution in [0.5, 0.6) is 0 Å². The van der Waals surface area contributed by atoms with E-state index < -0.39 is 0 Å². The minimum atomic E-state index is 0.732. The largest absolute Gasteiger partial charge is 0.379 e. The zero-order valence-electron chi connectivity index (χ0n) is 14.5. The van der Waals surface area contributed by atoms with Crippen LogP contribution >= 0.6 is 15.9 Å². The fourth-order valence-corrected chi connectivity index (χ4v) is 3.57. The van der Waals surface area contributed by atoms with Crippen molar-refractivity contribution in [2.75, 3.05) is 31.6 Å². The Morgan fingerprint density at radius 3 is 2.77 bits per heavy atom. The molecule has 0 radical (unpaired) electrons. The van der Waals surface area contributed by atoms with Crippen LogP contribution in [0.1, 0.15) is 11.1 Å². The lowest BCUT2D eigenvalue weighted by molar-refractivity contribution is 0.0342. The van der Waals surface area contributed by atoms with Crippen molar-refractivity contribution in [1.82, 2.24) is 14.9 Å². The molecule has 0 unspecified atom stereocenters. The minimum absolute atomic E-state index is 0.732. The minimum Gasteiger partial charge on any atom is -0.379 e. The van der Waals surface area contributed by atoms with Crippen LogP contribution < -0.4 is 5.32 Å². The van der Waals surface area contributed by atoms with Crippen LogP contribution in [0, 0.1) is 0 Å². The average molecular weight is 413 g/mol. The first-order valence-corrected chi connectivity index (χ1v) is 9.59. The summed E-state index contributed by atoms with van der Waals surface area (Å²) in [5, 5.41) is 4.48. The molecule has 1 aliphatic heterocycles. The number of nitrogens with one attached hydrogen (secondary N) is 1. The van der Waals surface area contributed by atoms with Crippen molar-refractivity contribution in [3.8, 4) is 0 Å². The van der Waals surface area contributed by atoms with Crippen LogP contribution in [0.4, 0.5) is 5.82 Å². The Morgan fingerprint density at radius 2 is 1.88 bits per heavy atom. The molecule has 0 atom stereocenters. The topological polar surface area (TPSA) is 50.3 Å². The molecular formula is C20H21BrN4O. The van der Waals surface area contributed by atoms with Crippen LogP contribution in [0.15, 0.2) is 53.3 Å². The van der Waals surface area contributed by atoms with Gasteiger partial charge in [0.15, 0.2) is 0 Å². The Labute approximate surface area is 161 Å². The van der Waals surface area contributed by atoms with Crippen molar-refractivity contribution in [1.29, 1.82) is 0 Å². The van der Waals surface area contributed by atoms with E-state index in [-0.39, 0.29) is 0 Å². The van der Waals surface area contributed by atoms with E-state index in [9.17, 15) is 0 Å². The average Bonchev–Trinajstić information content (AvgIpc) is 2.67. The van der Waals surface area contributed by atoms with E-state index >= 15 is 0 Å². The number of halogens is 1. The molecule has 26 heavy (non-hydrogen) atoms. The van der Waals surface area contributed by atoms with E-state index in [4.69, 9.17) is 4.74 Å². The van der Waals surface area contributed by atoms with Crippen LogP contribution in [0.2, 0.25) is 0 Å². The summed E-state index contributed by atoms with van der Waals surface area (Å²) in [5.41, 5.74) is 3.52. The molecule has 0 aliphatic carbocycles. The first kappa shape index (κ1) is 17.4. The Morgan fingerprint density at radius 1 is 1.04 bits per heavy atom. The maximum Gasteiger partial charge on any atom is 0.137 e. The van der Waals surface area contributed by atoms with Crippen LogP contribution in [0.3, 0.4) is 0 Å². The molecule has 0 bridgehead atoms. The van der Waals surface area contributed by atoms with Gasteiger partial charge in [-0.1, -0.05) is 40.2 Å². The number of aromatic nitrogens is 2. The molecule has 1 aromatic heterocycles. The highest BCUT2D eigenvalue weighted by Crippen LogP contribution is 2.23. The Hall–Kier alpha value is -2.02. The van der Waals surface area contributed by atoms with Gasteiger partial charge in [0.1, 0.15) is 12.1 Å². The van der Waals surface area contributed by atoms with Gasteiger partial charge in [0.25, 0.3) is 0 Å². The fourth-order valence-electron chi connectivity index (χ4n) is 3.21. The predicted molar refractivity (Wildman–Crippen MR) is 107 cm³/mol. The highest BCUT2D eigenvalue weighted by Gasteiger charge is 2.11. The molecule has 2 aromatic carbocycles. The number of fused-ring (bicyclic) bond motifs is 1. The maximum atomic E-state index is 5.43. The Balaban J connectivity index is 1.46. The molecule has 1 fully saturated rings. The third-order valence-electron chi connectivity index (χ3n) is 4.56. The normalized spacial score (nSPS) is 15.3. The smallest absolute Gasteiger partial charge is 0.137 e. The Kier molecular flexibility index (Phi) is 5.43. The lowest BCUT2D eigenvalue weighted by Crippen LogP contribution is -2.35. The summed E-state index contributed by atoms with van der Waals surface area (Å²) in [6, 6.07) is 14.8. The number of nitrogens with zero attached hydrogens (tertiary/aromatic N) is 3. The third kappa shape index (κ3) is 4.20. The number of hydrogen-bond acceptors (Lipinski definition) is 5. The molecule has 1 aliphatic rings. The van der Waals surface area contributed by atoms with E-state index in [0.29, 0.717) is 0 Å². The molecule has 4 rings (SSSR count). The summed E-state index contributed by atoms with van der Waals surface area (Å²) >= 11 is 3.52. The van der Waals surface area contributed by atoms with Gasteiger partial charge >= 0.3 is 0 Å². The summed E-state index contributed by atoms with van der Waals surface area (Å²) in [6.07, 6.45) is 1.60. The monoisotopic (exact) mass is 412 g/mol.